The molecule has 0 saturated carbocycles. The van der Waals surface area contributed by atoms with Crippen molar-refractivity contribution >= 4 is 5.97 Å². The molecular weight excluding hydrogens is 249 g/mol. The average molecular weight is 263 g/mol. The van der Waals surface area contributed by atoms with Gasteiger partial charge in [0.25, 0.3) is 0 Å². The van der Waals surface area contributed by atoms with E-state index in [1.807, 2.05) is 0 Å². The van der Waals surface area contributed by atoms with E-state index in [9.17, 15) is 9.18 Å². The first-order valence-corrected chi connectivity index (χ1v) is 6.03. The molecule has 100 valence electrons. The molecule has 0 aliphatic heterocycles. The van der Waals surface area contributed by atoms with Gasteiger partial charge in [0.05, 0.1) is 6.20 Å². The van der Waals surface area contributed by atoms with E-state index in [2.05, 4.69) is 10.3 Å². The molecule has 1 aromatic carbocycles. The molecule has 6 heteroatoms. The summed E-state index contributed by atoms with van der Waals surface area (Å²) >= 11 is 0. The molecule has 0 radical (unpaired) electrons. The Morgan fingerprint density at radius 3 is 2.68 bits per heavy atom. The summed E-state index contributed by atoms with van der Waals surface area (Å²) in [7, 11) is 0. The monoisotopic (exact) mass is 263 g/mol. The van der Waals surface area contributed by atoms with Crippen LogP contribution < -0.4 is 0 Å². The summed E-state index contributed by atoms with van der Waals surface area (Å²) in [6, 6.07) is 6.05. The standard InChI is InChI=1S/C13H14FN3O2/c14-11-6-4-10(5-7-11)12-9-17(16-15-12)8-2-1-3-13(18)19/h4-7,9H,1-3,8H2,(H,18,19). The highest BCUT2D eigenvalue weighted by Gasteiger charge is 2.04. The van der Waals surface area contributed by atoms with Crippen molar-refractivity contribution in [3.63, 3.8) is 0 Å². The Labute approximate surface area is 109 Å². The predicted octanol–water partition coefficient (Wildman–Crippen LogP) is 2.34. The maximum absolute atomic E-state index is 12.8. The van der Waals surface area contributed by atoms with Gasteiger partial charge < -0.3 is 5.11 Å². The minimum Gasteiger partial charge on any atom is -0.481 e. The molecule has 0 aliphatic rings. The Bertz CT molecular complexity index is 551. The summed E-state index contributed by atoms with van der Waals surface area (Å²) in [6.45, 7) is 0.626. The number of aliphatic carboxylic acids is 1. The summed E-state index contributed by atoms with van der Waals surface area (Å²) in [5.74, 6) is -1.07. The number of hydrogen-bond donors (Lipinski definition) is 1. The third-order valence-electron chi connectivity index (χ3n) is 2.71. The molecule has 2 rings (SSSR count). The zero-order valence-electron chi connectivity index (χ0n) is 10.3. The van der Waals surface area contributed by atoms with Gasteiger partial charge in [-0.3, -0.25) is 9.48 Å². The van der Waals surface area contributed by atoms with Gasteiger partial charge in [-0.15, -0.1) is 5.10 Å². The number of unbranched alkanes of at least 4 members (excludes halogenated alkanes) is 1. The zero-order valence-corrected chi connectivity index (χ0v) is 10.3. The third-order valence-corrected chi connectivity index (χ3v) is 2.71. The number of nitrogens with zero attached hydrogens (tertiary/aromatic N) is 3. The van der Waals surface area contributed by atoms with Crippen LogP contribution in [0.1, 0.15) is 19.3 Å². The summed E-state index contributed by atoms with van der Waals surface area (Å²) in [5.41, 5.74) is 1.48. The molecule has 0 aliphatic carbocycles. The second kappa shape index (κ2) is 6.08. The molecule has 0 saturated heterocycles. The van der Waals surface area contributed by atoms with Gasteiger partial charge in [0.1, 0.15) is 11.5 Å². The lowest BCUT2D eigenvalue weighted by Crippen LogP contribution is -2.00. The third kappa shape index (κ3) is 3.87. The minimum atomic E-state index is -0.786. The SMILES string of the molecule is O=C(O)CCCCn1cc(-c2ccc(F)cc2)nn1. The maximum Gasteiger partial charge on any atom is 0.303 e. The fourth-order valence-corrected chi connectivity index (χ4v) is 1.71. The molecule has 19 heavy (non-hydrogen) atoms. The van der Waals surface area contributed by atoms with Gasteiger partial charge in [-0.25, -0.2) is 4.39 Å². The van der Waals surface area contributed by atoms with Gasteiger partial charge >= 0.3 is 5.97 Å². The topological polar surface area (TPSA) is 68.0 Å². The molecule has 0 atom stereocenters. The van der Waals surface area contributed by atoms with Crippen LogP contribution in [0, 0.1) is 5.82 Å². The number of carbonyl (C=O) groups is 1. The minimum absolute atomic E-state index is 0.166. The lowest BCUT2D eigenvalue weighted by molar-refractivity contribution is -0.137. The first kappa shape index (κ1) is 13.2. The Hall–Kier alpha value is -2.24. The molecule has 0 bridgehead atoms. The van der Waals surface area contributed by atoms with Crippen LogP contribution in [0.4, 0.5) is 4.39 Å². The number of aromatic nitrogens is 3. The smallest absolute Gasteiger partial charge is 0.303 e. The first-order valence-electron chi connectivity index (χ1n) is 6.03. The van der Waals surface area contributed by atoms with Crippen LogP contribution in [-0.4, -0.2) is 26.1 Å². The van der Waals surface area contributed by atoms with Crippen molar-refractivity contribution in [3.8, 4) is 11.3 Å². The Kier molecular flexibility index (Phi) is 4.22. The van der Waals surface area contributed by atoms with Crippen molar-refractivity contribution in [2.75, 3.05) is 0 Å². The molecule has 1 aromatic heterocycles. The van der Waals surface area contributed by atoms with Crippen LogP contribution in [0.2, 0.25) is 0 Å². The highest BCUT2D eigenvalue weighted by Crippen LogP contribution is 2.16. The maximum atomic E-state index is 12.8. The van der Waals surface area contributed by atoms with Gasteiger partial charge in [0.2, 0.25) is 0 Å². The van der Waals surface area contributed by atoms with E-state index in [0.29, 0.717) is 18.7 Å². The van der Waals surface area contributed by atoms with Crippen molar-refractivity contribution in [1.29, 1.82) is 0 Å². The molecule has 5 nitrogen and oxygen atoms in total. The number of hydrogen-bond acceptors (Lipinski definition) is 3. The Balaban J connectivity index is 1.91. The van der Waals surface area contributed by atoms with E-state index >= 15 is 0 Å². The van der Waals surface area contributed by atoms with Crippen LogP contribution in [0.5, 0.6) is 0 Å². The normalized spacial score (nSPS) is 10.6. The molecule has 2 aromatic rings. The van der Waals surface area contributed by atoms with Crippen LogP contribution in [0.15, 0.2) is 30.5 Å². The molecule has 1 heterocycles. The molecule has 0 amide bonds. The summed E-state index contributed by atoms with van der Waals surface area (Å²) in [4.78, 5) is 10.4. The van der Waals surface area contributed by atoms with E-state index < -0.39 is 5.97 Å². The molecule has 0 unspecified atom stereocenters. The van der Waals surface area contributed by atoms with Gasteiger partial charge in [0.15, 0.2) is 0 Å². The molecule has 0 fully saturated rings. The Morgan fingerprint density at radius 1 is 1.26 bits per heavy atom. The molecular formula is C13H14FN3O2. The summed E-state index contributed by atoms with van der Waals surface area (Å²) < 4.78 is 14.5. The van der Waals surface area contributed by atoms with Crippen molar-refractivity contribution in [1.82, 2.24) is 15.0 Å². The van der Waals surface area contributed by atoms with Crippen molar-refractivity contribution < 1.29 is 14.3 Å². The fraction of sp³-hybridized carbons (Fsp3) is 0.308. The van der Waals surface area contributed by atoms with Crippen LogP contribution in [0.3, 0.4) is 0 Å². The zero-order chi connectivity index (χ0) is 13.7. The number of aryl methyl sites for hydroxylation is 1. The van der Waals surface area contributed by atoms with Crippen LogP contribution in [-0.2, 0) is 11.3 Å². The summed E-state index contributed by atoms with van der Waals surface area (Å²) in [6.07, 6.45) is 3.28. The van der Waals surface area contributed by atoms with Crippen molar-refractivity contribution in [2.45, 2.75) is 25.8 Å². The predicted molar refractivity (Wildman–Crippen MR) is 66.9 cm³/mol. The highest BCUT2D eigenvalue weighted by molar-refractivity contribution is 5.66. The number of halogens is 1. The van der Waals surface area contributed by atoms with E-state index in [1.165, 1.54) is 12.1 Å². The lowest BCUT2D eigenvalue weighted by Gasteiger charge is -1.98. The van der Waals surface area contributed by atoms with E-state index in [4.69, 9.17) is 5.11 Å². The van der Waals surface area contributed by atoms with Gasteiger partial charge in [-0.05, 0) is 37.1 Å². The molecule has 0 spiro atoms. The Morgan fingerprint density at radius 2 is 2.00 bits per heavy atom. The van der Waals surface area contributed by atoms with Crippen LogP contribution >= 0.6 is 0 Å². The highest BCUT2D eigenvalue weighted by atomic mass is 19.1. The van der Waals surface area contributed by atoms with Crippen molar-refractivity contribution in [2.24, 2.45) is 0 Å². The van der Waals surface area contributed by atoms with E-state index in [0.717, 1.165) is 12.0 Å². The van der Waals surface area contributed by atoms with Gasteiger partial charge in [0, 0.05) is 18.5 Å². The largest absolute Gasteiger partial charge is 0.481 e. The van der Waals surface area contributed by atoms with E-state index in [-0.39, 0.29) is 12.2 Å². The number of carboxylic acids is 1. The number of benzene rings is 1. The number of rotatable bonds is 6. The quantitative estimate of drug-likeness (QED) is 0.812. The van der Waals surface area contributed by atoms with Gasteiger partial charge in [-0.2, -0.15) is 0 Å². The average Bonchev–Trinajstić information content (AvgIpc) is 2.84. The lowest BCUT2D eigenvalue weighted by atomic mass is 10.2. The van der Waals surface area contributed by atoms with Gasteiger partial charge in [-0.1, -0.05) is 5.21 Å². The second-order valence-electron chi connectivity index (χ2n) is 4.22. The fourth-order valence-electron chi connectivity index (χ4n) is 1.71. The molecule has 1 N–H and O–H groups in total. The van der Waals surface area contributed by atoms with Crippen molar-refractivity contribution in [3.05, 3.63) is 36.3 Å². The first-order chi connectivity index (χ1) is 9.15. The summed E-state index contributed by atoms with van der Waals surface area (Å²) in [5, 5.41) is 16.5. The number of carboxylic acid groups (broad SMARTS) is 1. The van der Waals surface area contributed by atoms with Crippen LogP contribution in [0.25, 0.3) is 11.3 Å². The van der Waals surface area contributed by atoms with E-state index in [1.54, 1.807) is 23.0 Å². The second-order valence-corrected chi connectivity index (χ2v) is 4.22.